The lowest BCUT2D eigenvalue weighted by atomic mass is 9.90. The number of rotatable bonds is 5. The molecule has 1 aliphatic carbocycles. The van der Waals surface area contributed by atoms with Gasteiger partial charge in [0.05, 0.1) is 17.4 Å². The number of nitrogens with one attached hydrogen (secondary N) is 2. The van der Waals surface area contributed by atoms with Crippen molar-refractivity contribution in [2.45, 2.75) is 57.5 Å². The molecule has 20 heavy (non-hydrogen) atoms. The van der Waals surface area contributed by atoms with E-state index in [-0.39, 0.29) is 29.4 Å². The number of amides is 1. The van der Waals surface area contributed by atoms with Crippen molar-refractivity contribution in [2.75, 3.05) is 18.1 Å². The van der Waals surface area contributed by atoms with Crippen LogP contribution in [0, 0.1) is 5.92 Å². The summed E-state index contributed by atoms with van der Waals surface area (Å²) in [5.41, 5.74) is 0. The van der Waals surface area contributed by atoms with Crippen molar-refractivity contribution in [3.63, 3.8) is 0 Å². The molecule has 2 aliphatic rings. The van der Waals surface area contributed by atoms with Gasteiger partial charge < -0.3 is 10.6 Å². The monoisotopic (exact) mass is 302 g/mol. The fourth-order valence-electron chi connectivity index (χ4n) is 3.11. The maximum Gasteiger partial charge on any atom is 0.224 e. The maximum atomic E-state index is 12.1. The largest absolute Gasteiger partial charge is 0.353 e. The number of carbonyl (C=O) groups excluding carboxylic acids is 1. The zero-order chi connectivity index (χ0) is 14.6. The first-order chi connectivity index (χ1) is 9.50. The summed E-state index contributed by atoms with van der Waals surface area (Å²) >= 11 is 0. The molecule has 2 rings (SSSR count). The first kappa shape index (κ1) is 15.8. The Morgan fingerprint density at radius 3 is 2.30 bits per heavy atom. The highest BCUT2D eigenvalue weighted by Gasteiger charge is 2.34. The van der Waals surface area contributed by atoms with Gasteiger partial charge in [-0.1, -0.05) is 6.92 Å². The van der Waals surface area contributed by atoms with Gasteiger partial charge in [-0.15, -0.1) is 0 Å². The summed E-state index contributed by atoms with van der Waals surface area (Å²) in [6.07, 6.45) is 5.80. The van der Waals surface area contributed by atoms with Crippen molar-refractivity contribution in [3.8, 4) is 0 Å². The minimum atomic E-state index is -2.97. The van der Waals surface area contributed by atoms with Crippen LogP contribution < -0.4 is 10.6 Å². The molecule has 1 saturated carbocycles. The molecular weight excluding hydrogens is 276 g/mol. The molecule has 0 aromatic heterocycles. The lowest BCUT2D eigenvalue weighted by molar-refractivity contribution is -0.125. The van der Waals surface area contributed by atoms with Crippen molar-refractivity contribution in [1.82, 2.24) is 10.6 Å². The standard InChI is InChI=1S/C14H26N2O3S/c1-2-8-15-12-3-5-13(6-4-12)16-14(17)11-7-9-20(18,19)10-11/h11-13,15H,2-10H2,1H3,(H,16,17). The number of carbonyl (C=O) groups is 1. The molecule has 0 aromatic carbocycles. The van der Waals surface area contributed by atoms with Gasteiger partial charge in [-0.25, -0.2) is 8.42 Å². The van der Waals surface area contributed by atoms with E-state index in [0.29, 0.717) is 12.5 Å². The number of hydrogen-bond donors (Lipinski definition) is 2. The molecule has 2 N–H and O–H groups in total. The van der Waals surface area contributed by atoms with E-state index >= 15 is 0 Å². The molecule has 1 heterocycles. The summed E-state index contributed by atoms with van der Waals surface area (Å²) in [5.74, 6) is -0.183. The van der Waals surface area contributed by atoms with Gasteiger partial charge in [-0.3, -0.25) is 4.79 Å². The van der Waals surface area contributed by atoms with Crippen LogP contribution in [0.4, 0.5) is 0 Å². The van der Waals surface area contributed by atoms with Gasteiger partial charge in [0.1, 0.15) is 0 Å². The highest BCUT2D eigenvalue weighted by atomic mass is 32.2. The van der Waals surface area contributed by atoms with Crippen LogP contribution in [0.25, 0.3) is 0 Å². The van der Waals surface area contributed by atoms with E-state index in [4.69, 9.17) is 0 Å². The van der Waals surface area contributed by atoms with Crippen LogP contribution in [-0.2, 0) is 14.6 Å². The Bertz CT molecular complexity index is 428. The summed E-state index contributed by atoms with van der Waals surface area (Å²) in [4.78, 5) is 12.1. The second-order valence-corrected chi connectivity index (χ2v) is 8.34. The minimum Gasteiger partial charge on any atom is -0.353 e. The van der Waals surface area contributed by atoms with E-state index in [2.05, 4.69) is 17.6 Å². The topological polar surface area (TPSA) is 75.3 Å². The molecule has 0 radical (unpaired) electrons. The van der Waals surface area contributed by atoms with E-state index in [0.717, 1.165) is 38.6 Å². The van der Waals surface area contributed by atoms with Gasteiger partial charge >= 0.3 is 0 Å². The van der Waals surface area contributed by atoms with Crippen molar-refractivity contribution >= 4 is 15.7 Å². The van der Waals surface area contributed by atoms with Gasteiger partial charge in [0.25, 0.3) is 0 Å². The molecular formula is C14H26N2O3S. The van der Waals surface area contributed by atoms with Crippen LogP contribution in [-0.4, -0.2) is 44.5 Å². The van der Waals surface area contributed by atoms with E-state index in [1.165, 1.54) is 0 Å². The Kier molecular flexibility index (Phi) is 5.43. The summed E-state index contributed by atoms with van der Waals surface area (Å²) < 4.78 is 22.8. The molecule has 1 aliphatic heterocycles. The summed E-state index contributed by atoms with van der Waals surface area (Å²) in [5, 5.41) is 6.56. The zero-order valence-corrected chi connectivity index (χ0v) is 13.0. The van der Waals surface area contributed by atoms with Gasteiger partial charge in [0.2, 0.25) is 5.91 Å². The van der Waals surface area contributed by atoms with Crippen LogP contribution in [0.2, 0.25) is 0 Å². The van der Waals surface area contributed by atoms with Gasteiger partial charge in [-0.05, 0) is 45.1 Å². The molecule has 2 fully saturated rings. The molecule has 0 bridgehead atoms. The number of hydrogen-bond acceptors (Lipinski definition) is 4. The van der Waals surface area contributed by atoms with Crippen LogP contribution in [0.15, 0.2) is 0 Å². The molecule has 1 amide bonds. The Hall–Kier alpha value is -0.620. The summed E-state index contributed by atoms with van der Waals surface area (Å²) in [7, 11) is -2.97. The van der Waals surface area contributed by atoms with Crippen molar-refractivity contribution in [1.29, 1.82) is 0 Å². The quantitative estimate of drug-likeness (QED) is 0.789. The van der Waals surface area contributed by atoms with Gasteiger partial charge in [-0.2, -0.15) is 0 Å². The van der Waals surface area contributed by atoms with Gasteiger partial charge in [0.15, 0.2) is 9.84 Å². The van der Waals surface area contributed by atoms with Crippen molar-refractivity contribution in [2.24, 2.45) is 5.92 Å². The molecule has 6 heteroatoms. The summed E-state index contributed by atoms with van der Waals surface area (Å²) in [6, 6.07) is 0.806. The SMILES string of the molecule is CCCNC1CCC(NC(=O)C2CCS(=O)(=O)C2)CC1. The highest BCUT2D eigenvalue weighted by molar-refractivity contribution is 7.91. The number of sulfone groups is 1. The maximum absolute atomic E-state index is 12.1. The third kappa shape index (κ3) is 4.45. The molecule has 0 aromatic rings. The predicted molar refractivity (Wildman–Crippen MR) is 79.2 cm³/mol. The first-order valence-electron chi connectivity index (χ1n) is 7.74. The molecule has 0 spiro atoms. The lowest BCUT2D eigenvalue weighted by Gasteiger charge is -2.30. The average Bonchev–Trinajstić information content (AvgIpc) is 2.78. The smallest absolute Gasteiger partial charge is 0.224 e. The van der Waals surface area contributed by atoms with E-state index in [1.807, 2.05) is 0 Å². The summed E-state index contributed by atoms with van der Waals surface area (Å²) in [6.45, 7) is 3.22. The second-order valence-electron chi connectivity index (χ2n) is 6.11. The molecule has 1 unspecified atom stereocenters. The second kappa shape index (κ2) is 6.89. The van der Waals surface area contributed by atoms with Gasteiger partial charge in [0, 0.05) is 12.1 Å². The first-order valence-corrected chi connectivity index (χ1v) is 9.56. The van der Waals surface area contributed by atoms with E-state index in [1.54, 1.807) is 0 Å². The van der Waals surface area contributed by atoms with Crippen molar-refractivity contribution in [3.05, 3.63) is 0 Å². The Labute approximate surface area is 121 Å². The van der Waals surface area contributed by atoms with Crippen LogP contribution >= 0.6 is 0 Å². The average molecular weight is 302 g/mol. The third-order valence-electron chi connectivity index (χ3n) is 4.36. The minimum absolute atomic E-state index is 0.0340. The normalized spacial score (nSPS) is 33.0. The zero-order valence-electron chi connectivity index (χ0n) is 12.2. The molecule has 5 nitrogen and oxygen atoms in total. The Morgan fingerprint density at radius 2 is 1.75 bits per heavy atom. The van der Waals surface area contributed by atoms with Crippen LogP contribution in [0.1, 0.15) is 45.4 Å². The Balaban J connectivity index is 1.71. The molecule has 1 saturated heterocycles. The highest BCUT2D eigenvalue weighted by Crippen LogP contribution is 2.22. The van der Waals surface area contributed by atoms with E-state index in [9.17, 15) is 13.2 Å². The fourth-order valence-corrected chi connectivity index (χ4v) is 4.85. The molecule has 1 atom stereocenters. The van der Waals surface area contributed by atoms with E-state index < -0.39 is 9.84 Å². The van der Waals surface area contributed by atoms with Crippen molar-refractivity contribution < 1.29 is 13.2 Å². The molecule has 116 valence electrons. The predicted octanol–water partition coefficient (Wildman–Crippen LogP) is 0.848. The third-order valence-corrected chi connectivity index (χ3v) is 6.13. The van der Waals surface area contributed by atoms with Crippen LogP contribution in [0.5, 0.6) is 0 Å². The lowest BCUT2D eigenvalue weighted by Crippen LogP contribution is -2.44. The van der Waals surface area contributed by atoms with Crippen LogP contribution in [0.3, 0.4) is 0 Å². The fraction of sp³-hybridized carbons (Fsp3) is 0.929. The Morgan fingerprint density at radius 1 is 1.10 bits per heavy atom.